The van der Waals surface area contributed by atoms with E-state index >= 15 is 0 Å². The van der Waals surface area contributed by atoms with Crippen LogP contribution in [0.1, 0.15) is 95.6 Å². The number of fused-ring (bicyclic) bond motifs is 3. The number of aliphatic imine (C=N–C) groups is 3. The predicted octanol–water partition coefficient (Wildman–Crippen LogP) is 13.5. The summed E-state index contributed by atoms with van der Waals surface area (Å²) in [6, 6.07) is 31.2. The van der Waals surface area contributed by atoms with E-state index in [-0.39, 0.29) is 65.5 Å². The minimum atomic E-state index is -3.42. The number of thiazole rings is 3. The minimum absolute atomic E-state index is 0.0946. The van der Waals surface area contributed by atoms with Crippen molar-refractivity contribution in [2.75, 3.05) is 159 Å². The van der Waals surface area contributed by atoms with E-state index in [1.165, 1.54) is 78.6 Å². The van der Waals surface area contributed by atoms with Gasteiger partial charge in [-0.2, -0.15) is 0 Å². The number of ether oxygens (including phenoxy) is 7. The van der Waals surface area contributed by atoms with Gasteiger partial charge in [-0.15, -0.1) is 34.0 Å². The highest BCUT2D eigenvalue weighted by Crippen LogP contribution is 2.45. The second-order valence-electron chi connectivity index (χ2n) is 35.6. The Hall–Kier alpha value is -12.2. The molecular formula is C98H103BrCl3F2N19O17S4. The first-order valence-electron chi connectivity index (χ1n) is 45.7. The average Bonchev–Trinajstić information content (AvgIpc) is 1.45. The summed E-state index contributed by atoms with van der Waals surface area (Å²) in [5, 5.41) is 18.5. The third-order valence-electron chi connectivity index (χ3n) is 26.1. The third kappa shape index (κ3) is 22.9. The Morgan fingerprint density at radius 3 is 1.33 bits per heavy atom. The van der Waals surface area contributed by atoms with E-state index in [9.17, 15) is 55.6 Å². The molecule has 144 heavy (non-hydrogen) atoms. The number of carbonyl (C=O) groups is 8. The van der Waals surface area contributed by atoms with Crippen molar-refractivity contribution in [3.05, 3.63) is 270 Å². The maximum Gasteiger partial charge on any atom is 0.338 e. The fourth-order valence-corrected chi connectivity index (χ4v) is 22.7. The highest BCUT2D eigenvalue weighted by Gasteiger charge is 2.52. The average molecular weight is 2170 g/mol. The number of nitrogens with one attached hydrogen (secondary N) is 4. The number of aromatic nitrogens is 3. The largest absolute Gasteiger partial charge is 0.466 e. The van der Waals surface area contributed by atoms with E-state index in [4.69, 9.17) is 82.9 Å². The molecule has 6 amide bonds. The quantitative estimate of drug-likeness (QED) is 0.0178. The number of rotatable bonds is 31. The number of carbonyl (C=O) groups excluding carboxylic acids is 8. The maximum absolute atomic E-state index is 14.2. The molecule has 6 saturated heterocycles. The molecule has 4 N–H and O–H groups in total. The third-order valence-corrected chi connectivity index (χ3v) is 30.6. The smallest absolute Gasteiger partial charge is 0.338 e. The molecule has 8 atom stereocenters. The molecule has 0 aliphatic carbocycles. The molecule has 0 spiro atoms. The van der Waals surface area contributed by atoms with Crippen LogP contribution < -0.4 is 35.4 Å². The van der Waals surface area contributed by atoms with E-state index < -0.39 is 68.9 Å². The van der Waals surface area contributed by atoms with Crippen molar-refractivity contribution in [3.8, 4) is 0 Å². The van der Waals surface area contributed by atoms with Crippen molar-refractivity contribution < 1.29 is 88.7 Å². The molecule has 0 radical (unpaired) electrons. The van der Waals surface area contributed by atoms with Gasteiger partial charge in [0.15, 0.2) is 32.5 Å². The lowest BCUT2D eigenvalue weighted by Gasteiger charge is -2.44. The van der Waals surface area contributed by atoms with E-state index in [0.29, 0.717) is 215 Å². The molecule has 9 aliphatic heterocycles. The number of piperazine rings is 3. The van der Waals surface area contributed by atoms with E-state index in [2.05, 4.69) is 66.3 Å². The molecule has 36 nitrogen and oxygen atoms in total. The standard InChI is InChI=1S/C35H38BrFN6O6S.C34H36Cl2N6O6S.C29H29ClFN7O5S2/c1-5-48-33(45)29-26(39-31(32-38-12-15-50-32)40-30(29)24-11-8-22(37)16-25(24)36)17-41-13-14-42-27(28(41)19-47-4)18-43(34(42)46)23-9-6-21(7-10-23)35(2,3)49-20-44;1-34(2,48-19-43)20-5-8-22(9-6-20)42-17-26-27(18-46-3)40(12-13-41(26)33(42)45)16-25-28(32(44)47-4)29(23-10-7-21(35)15-24(23)36)39-30(38-25)31-37-11-14-49-31;1-43-28(39)24-23(33-26(27-32-9-12-44-27)34-25(24)21-8-3-17(31)13-22(21)30)16-36-10-11-37-20(14-36)15-38(29(37)40)19-6-4-18(5-7-19)35-45(2,41)42/h6-12,15-16,20,27-28,30H,5,13-14,17-19H2,1-4H3,(H,39,40);5-11,14-15,19,26-27,29H,12-13,16-18H2,1-4H3,(H,38,39);3-9,12-13,20,25,35H,10-11,14-16H2,1-2H3,(H,33,34)/t27-,28-,30+;26-,27-,29+;20-,25-/m110/s1. The molecule has 46 heteroatoms. The monoisotopic (exact) mass is 2170 g/mol. The van der Waals surface area contributed by atoms with Crippen LogP contribution in [0.25, 0.3) is 0 Å². The van der Waals surface area contributed by atoms with Gasteiger partial charge in [0.05, 0.1) is 87.2 Å². The summed E-state index contributed by atoms with van der Waals surface area (Å²) in [7, 11) is 2.47. The molecule has 3 aromatic heterocycles. The van der Waals surface area contributed by atoms with Gasteiger partial charge in [-0.25, -0.2) is 60.9 Å². The number of hydrogen-bond donors (Lipinski definition) is 4. The highest BCUT2D eigenvalue weighted by atomic mass is 79.9. The molecule has 6 aromatic carbocycles. The minimum Gasteiger partial charge on any atom is -0.466 e. The number of anilines is 4. The topological polar surface area (TPSA) is 388 Å². The van der Waals surface area contributed by atoms with Crippen molar-refractivity contribution in [1.82, 2.24) is 60.3 Å². The Kier molecular flexibility index (Phi) is 32.8. The molecule has 6 fully saturated rings. The summed E-state index contributed by atoms with van der Waals surface area (Å²) in [6.07, 6.45) is 6.10. The number of methoxy groups -OCH3 is 4. The van der Waals surface area contributed by atoms with Crippen molar-refractivity contribution in [3.63, 3.8) is 0 Å². The van der Waals surface area contributed by atoms with Gasteiger partial charge >= 0.3 is 36.0 Å². The molecule has 0 unspecified atom stereocenters. The molecule has 9 aliphatic rings. The van der Waals surface area contributed by atoms with Crippen LogP contribution in [0.3, 0.4) is 0 Å². The summed E-state index contributed by atoms with van der Waals surface area (Å²) < 4.78 is 92.2. The van der Waals surface area contributed by atoms with E-state index in [1.807, 2.05) is 93.2 Å². The molecule has 12 heterocycles. The van der Waals surface area contributed by atoms with Crippen LogP contribution in [0.4, 0.5) is 45.9 Å². The first kappa shape index (κ1) is 105. The lowest BCUT2D eigenvalue weighted by atomic mass is 9.94. The summed E-state index contributed by atoms with van der Waals surface area (Å²) in [4.78, 5) is 149. The van der Waals surface area contributed by atoms with Crippen LogP contribution in [0.5, 0.6) is 0 Å². The fraction of sp³-hybridized carbons (Fsp3) is 0.367. The van der Waals surface area contributed by atoms with Gasteiger partial charge < -0.3 is 63.8 Å². The zero-order valence-electron chi connectivity index (χ0n) is 79.7. The summed E-state index contributed by atoms with van der Waals surface area (Å²) >= 11 is 27.1. The van der Waals surface area contributed by atoms with Crippen molar-refractivity contribution in [2.24, 2.45) is 15.0 Å². The van der Waals surface area contributed by atoms with Crippen molar-refractivity contribution >= 4 is 184 Å². The lowest BCUT2D eigenvalue weighted by Crippen LogP contribution is -2.61. The zero-order chi connectivity index (χ0) is 102. The first-order chi connectivity index (χ1) is 69.1. The van der Waals surface area contributed by atoms with Crippen LogP contribution in [0.15, 0.2) is 215 Å². The first-order valence-corrected chi connectivity index (χ1v) is 52.1. The number of amides is 6. The molecule has 18 rings (SSSR count). The summed E-state index contributed by atoms with van der Waals surface area (Å²) in [6.45, 7) is 16.4. The van der Waals surface area contributed by atoms with Crippen LogP contribution in [-0.4, -0.2) is 289 Å². The second-order valence-corrected chi connectivity index (χ2v) is 42.2. The molecule has 9 aromatic rings. The fourth-order valence-electron chi connectivity index (χ4n) is 19.0. The van der Waals surface area contributed by atoms with Crippen LogP contribution >= 0.6 is 84.7 Å². The Morgan fingerprint density at radius 1 is 0.514 bits per heavy atom. The number of benzene rings is 6. The maximum atomic E-state index is 14.2. The number of amidine groups is 3. The van der Waals surface area contributed by atoms with Gasteiger partial charge in [0.1, 0.15) is 41.0 Å². The normalized spacial score (nSPS) is 21.0. The van der Waals surface area contributed by atoms with E-state index in [1.54, 1.807) is 117 Å². The highest BCUT2D eigenvalue weighted by molar-refractivity contribution is 9.10. The number of sulfonamides is 1. The molecular weight excluding hydrogens is 2070 g/mol. The lowest BCUT2D eigenvalue weighted by molar-refractivity contribution is -0.142. The van der Waals surface area contributed by atoms with Gasteiger partial charge in [-0.05, 0) is 136 Å². The van der Waals surface area contributed by atoms with Crippen LogP contribution in [0, 0.1) is 11.6 Å². The van der Waals surface area contributed by atoms with E-state index in [0.717, 1.165) is 28.8 Å². The molecule has 0 bridgehead atoms. The van der Waals surface area contributed by atoms with Crippen LogP contribution in [0.2, 0.25) is 15.1 Å². The summed E-state index contributed by atoms with van der Waals surface area (Å²) in [5.74, 6) is -1.17. The number of halogens is 6. The predicted molar refractivity (Wildman–Crippen MR) is 546 cm³/mol. The van der Waals surface area contributed by atoms with Gasteiger partial charge in [-0.1, -0.05) is 93.2 Å². The Morgan fingerprint density at radius 2 is 0.917 bits per heavy atom. The van der Waals surface area contributed by atoms with Gasteiger partial charge in [0.25, 0.3) is 12.9 Å². The molecule has 0 saturated carbocycles. The molecule has 758 valence electrons. The Labute approximate surface area is 864 Å². The SMILES string of the molecule is CCOC(=O)C1=C(CN2CCN3C(=O)N(c4ccc(C(C)(C)OC=O)cc4)C[C@@H]3[C@H]2COC)NC(c2nccs2)=N[C@H]1c1ccc(F)cc1Br.COC(=O)C1=C(CN2CCN3C(=O)N(c4ccc(NS(C)(=O)=O)cc4)C[C@@H]3C2)NC(c2nccs2)=N[C@H]1c1ccc(F)cc1Cl.COC[C@@H]1[C@H]2CN(c3ccc(C(C)(C)OC=O)cc3)C(=O)N2CCN1CC1=C(C(=O)OC)[C@H](c2ccc(Cl)cc2Cl)N=C(c2nccs2)N1. The number of esters is 3. The number of hydrogen-bond acceptors (Lipinski definition) is 32. The summed E-state index contributed by atoms with van der Waals surface area (Å²) in [5.41, 5.74) is 6.80. The Balaban J connectivity index is 0.000000155. The second kappa shape index (κ2) is 45.2. The van der Waals surface area contributed by atoms with Gasteiger partial charge in [-0.3, -0.25) is 58.7 Å². The van der Waals surface area contributed by atoms with Gasteiger partial charge in [0, 0.05) is 205 Å². The van der Waals surface area contributed by atoms with Crippen LogP contribution in [-0.2, 0) is 78.4 Å². The zero-order valence-corrected chi connectivity index (χ0v) is 86.8. The Bertz CT molecular complexity index is 6640. The van der Waals surface area contributed by atoms with Gasteiger partial charge in [0.2, 0.25) is 10.0 Å². The van der Waals surface area contributed by atoms with Crippen molar-refractivity contribution in [2.45, 2.75) is 94.2 Å². The number of nitrogens with zero attached hydrogens (tertiary/aromatic N) is 15. The number of urea groups is 3. The van der Waals surface area contributed by atoms with Crippen molar-refractivity contribution in [1.29, 1.82) is 0 Å².